The van der Waals surface area contributed by atoms with Crippen LogP contribution in [0.1, 0.15) is 59.8 Å². The molecule has 4 heteroatoms. The number of amides is 1. The van der Waals surface area contributed by atoms with Gasteiger partial charge >= 0.3 is 6.09 Å². The first kappa shape index (κ1) is 15.6. The molecule has 0 aromatic heterocycles. The van der Waals surface area contributed by atoms with Crippen LogP contribution < -0.4 is 5.32 Å². The Bertz CT molecular complexity index is 334. The molecule has 0 radical (unpaired) electrons. The van der Waals surface area contributed by atoms with Crippen molar-refractivity contribution in [3.05, 3.63) is 0 Å². The molecule has 0 spiro atoms. The van der Waals surface area contributed by atoms with E-state index >= 15 is 0 Å². The Labute approximate surface area is 123 Å². The van der Waals surface area contributed by atoms with Crippen LogP contribution in [0.15, 0.2) is 0 Å². The molecule has 1 aliphatic carbocycles. The second-order valence-corrected chi connectivity index (χ2v) is 7.42. The Hall–Kier alpha value is -0.770. The van der Waals surface area contributed by atoms with Gasteiger partial charge in [-0.15, -0.1) is 0 Å². The number of ether oxygens (including phenoxy) is 1. The molecule has 1 amide bonds. The topological polar surface area (TPSA) is 41.6 Å². The lowest BCUT2D eigenvalue weighted by Crippen LogP contribution is -2.52. The largest absolute Gasteiger partial charge is 0.444 e. The zero-order valence-corrected chi connectivity index (χ0v) is 13.4. The highest BCUT2D eigenvalue weighted by Gasteiger charge is 2.36. The molecular formula is C16H30N2O2. The molecular weight excluding hydrogens is 252 g/mol. The lowest BCUT2D eigenvalue weighted by atomic mass is 9.90. The highest BCUT2D eigenvalue weighted by molar-refractivity contribution is 5.68. The maximum Gasteiger partial charge on any atom is 0.407 e. The predicted molar refractivity (Wildman–Crippen MR) is 80.8 cm³/mol. The Morgan fingerprint density at radius 3 is 2.55 bits per heavy atom. The summed E-state index contributed by atoms with van der Waals surface area (Å²) in [5.74, 6) is 0.717. The smallest absolute Gasteiger partial charge is 0.407 e. The summed E-state index contributed by atoms with van der Waals surface area (Å²) >= 11 is 0. The van der Waals surface area contributed by atoms with Crippen LogP contribution >= 0.6 is 0 Å². The van der Waals surface area contributed by atoms with Crippen LogP contribution in [-0.2, 0) is 4.74 Å². The van der Waals surface area contributed by atoms with Crippen molar-refractivity contribution >= 4 is 6.09 Å². The second kappa shape index (κ2) is 6.33. The second-order valence-electron chi connectivity index (χ2n) is 7.42. The van der Waals surface area contributed by atoms with E-state index in [9.17, 15) is 4.79 Å². The molecule has 1 aliphatic heterocycles. The van der Waals surface area contributed by atoms with Gasteiger partial charge in [0, 0.05) is 25.2 Å². The molecule has 4 nitrogen and oxygen atoms in total. The molecule has 116 valence electrons. The summed E-state index contributed by atoms with van der Waals surface area (Å²) in [6.07, 6.45) is 5.97. The predicted octanol–water partition coefficient (Wildman–Crippen LogP) is 3.16. The monoisotopic (exact) mass is 282 g/mol. The van der Waals surface area contributed by atoms with E-state index in [0.717, 1.165) is 19.0 Å². The van der Waals surface area contributed by atoms with Gasteiger partial charge in [-0.3, -0.25) is 4.90 Å². The number of likely N-dealkylation sites (tertiary alicyclic amines) is 1. The Balaban J connectivity index is 1.86. The highest BCUT2D eigenvalue weighted by Crippen LogP contribution is 2.32. The van der Waals surface area contributed by atoms with Gasteiger partial charge in [0.05, 0.1) is 0 Å². The number of hydrogen-bond acceptors (Lipinski definition) is 3. The standard InChI is InChI=1S/C16H30N2O2/c1-5-6-12-9-13(11-18(10-12)14-7-8-14)17-15(19)20-16(2,3)4/h12-14H,5-11H2,1-4H3,(H,17,19). The molecule has 20 heavy (non-hydrogen) atoms. The van der Waals surface area contributed by atoms with Crippen molar-refractivity contribution in [2.24, 2.45) is 5.92 Å². The molecule has 0 aromatic carbocycles. The lowest BCUT2D eigenvalue weighted by molar-refractivity contribution is 0.0440. The Morgan fingerprint density at radius 1 is 1.30 bits per heavy atom. The number of nitrogens with one attached hydrogen (secondary N) is 1. The molecule has 1 saturated carbocycles. The maximum absolute atomic E-state index is 11.9. The SMILES string of the molecule is CCCC1CC(NC(=O)OC(C)(C)C)CN(C2CC2)C1. The minimum Gasteiger partial charge on any atom is -0.444 e. The summed E-state index contributed by atoms with van der Waals surface area (Å²) in [7, 11) is 0. The molecule has 2 aliphatic rings. The first-order valence-corrected chi connectivity index (χ1v) is 8.11. The normalized spacial score (nSPS) is 28.2. The van der Waals surface area contributed by atoms with Crippen LogP contribution in [-0.4, -0.2) is 41.8 Å². The van der Waals surface area contributed by atoms with Crippen LogP contribution in [0.2, 0.25) is 0 Å². The molecule has 2 rings (SSSR count). The van der Waals surface area contributed by atoms with Gasteiger partial charge in [-0.25, -0.2) is 4.79 Å². The average molecular weight is 282 g/mol. The van der Waals surface area contributed by atoms with E-state index in [0.29, 0.717) is 5.92 Å². The first-order chi connectivity index (χ1) is 9.37. The number of hydrogen-bond donors (Lipinski definition) is 1. The minimum atomic E-state index is -0.419. The fourth-order valence-electron chi connectivity index (χ4n) is 3.17. The molecule has 2 fully saturated rings. The highest BCUT2D eigenvalue weighted by atomic mass is 16.6. The van der Waals surface area contributed by atoms with E-state index in [4.69, 9.17) is 4.74 Å². The first-order valence-electron chi connectivity index (χ1n) is 8.11. The Kier molecular flexibility index (Phi) is 4.95. The number of alkyl carbamates (subject to hydrolysis) is 1. The fraction of sp³-hybridized carbons (Fsp3) is 0.938. The summed E-state index contributed by atoms with van der Waals surface area (Å²) in [4.78, 5) is 14.5. The molecule has 0 aromatic rings. The third-order valence-corrected chi connectivity index (χ3v) is 4.05. The van der Waals surface area contributed by atoms with Gasteiger partial charge < -0.3 is 10.1 Å². The summed E-state index contributed by atoms with van der Waals surface area (Å²) in [5, 5.41) is 3.07. The summed E-state index contributed by atoms with van der Waals surface area (Å²) in [6.45, 7) is 10.2. The molecule has 1 N–H and O–H groups in total. The van der Waals surface area contributed by atoms with Gasteiger partial charge in [0.25, 0.3) is 0 Å². The third kappa shape index (κ3) is 4.97. The van der Waals surface area contributed by atoms with Crippen LogP contribution in [0.5, 0.6) is 0 Å². The van der Waals surface area contributed by atoms with Crippen LogP contribution in [0.25, 0.3) is 0 Å². The zero-order chi connectivity index (χ0) is 14.8. The van der Waals surface area contributed by atoms with Crippen molar-refractivity contribution in [3.63, 3.8) is 0 Å². The van der Waals surface area contributed by atoms with E-state index in [1.807, 2.05) is 20.8 Å². The Morgan fingerprint density at radius 2 is 2.00 bits per heavy atom. The minimum absolute atomic E-state index is 0.246. The van der Waals surface area contributed by atoms with Gasteiger partial charge in [-0.2, -0.15) is 0 Å². The van der Waals surface area contributed by atoms with Crippen molar-refractivity contribution in [1.82, 2.24) is 10.2 Å². The van der Waals surface area contributed by atoms with E-state index in [1.54, 1.807) is 0 Å². The van der Waals surface area contributed by atoms with Crippen molar-refractivity contribution in [1.29, 1.82) is 0 Å². The van der Waals surface area contributed by atoms with Crippen molar-refractivity contribution in [2.45, 2.75) is 77.5 Å². The summed E-state index contributed by atoms with van der Waals surface area (Å²) < 4.78 is 5.38. The molecule has 2 atom stereocenters. The van der Waals surface area contributed by atoms with Crippen molar-refractivity contribution in [3.8, 4) is 0 Å². The fourth-order valence-corrected chi connectivity index (χ4v) is 3.17. The summed E-state index contributed by atoms with van der Waals surface area (Å²) in [5.41, 5.74) is -0.419. The van der Waals surface area contributed by atoms with Crippen LogP contribution in [0.3, 0.4) is 0 Å². The van der Waals surface area contributed by atoms with Crippen LogP contribution in [0, 0.1) is 5.92 Å². The maximum atomic E-state index is 11.9. The number of carbonyl (C=O) groups excluding carboxylic acids is 1. The molecule has 1 heterocycles. The van der Waals surface area contributed by atoms with E-state index in [1.165, 1.54) is 32.2 Å². The third-order valence-electron chi connectivity index (χ3n) is 4.05. The van der Waals surface area contributed by atoms with Gasteiger partial charge in [0.15, 0.2) is 0 Å². The van der Waals surface area contributed by atoms with Crippen molar-refractivity contribution in [2.75, 3.05) is 13.1 Å². The number of piperidine rings is 1. The lowest BCUT2D eigenvalue weighted by Gasteiger charge is -2.38. The van der Waals surface area contributed by atoms with E-state index in [2.05, 4.69) is 17.1 Å². The molecule has 1 saturated heterocycles. The quantitative estimate of drug-likeness (QED) is 0.861. The van der Waals surface area contributed by atoms with Gasteiger partial charge in [-0.05, 0) is 52.4 Å². The van der Waals surface area contributed by atoms with Gasteiger partial charge in [0.2, 0.25) is 0 Å². The van der Waals surface area contributed by atoms with E-state index < -0.39 is 5.60 Å². The number of carbonyl (C=O) groups is 1. The van der Waals surface area contributed by atoms with E-state index in [-0.39, 0.29) is 12.1 Å². The number of rotatable bonds is 4. The van der Waals surface area contributed by atoms with Crippen molar-refractivity contribution < 1.29 is 9.53 Å². The zero-order valence-electron chi connectivity index (χ0n) is 13.4. The molecule has 2 unspecified atom stereocenters. The molecule has 0 bridgehead atoms. The van der Waals surface area contributed by atoms with Gasteiger partial charge in [0.1, 0.15) is 5.60 Å². The average Bonchev–Trinajstić information content (AvgIpc) is 3.09. The summed E-state index contributed by atoms with van der Waals surface area (Å²) in [6, 6.07) is 1.02. The van der Waals surface area contributed by atoms with Gasteiger partial charge in [-0.1, -0.05) is 13.3 Å². The van der Waals surface area contributed by atoms with Crippen LogP contribution in [0.4, 0.5) is 4.79 Å². The number of nitrogens with zero attached hydrogens (tertiary/aromatic N) is 1.